The summed E-state index contributed by atoms with van der Waals surface area (Å²) in [5, 5.41) is 3.60. The van der Waals surface area contributed by atoms with Crippen LogP contribution in [-0.2, 0) is 11.3 Å². The number of benzene rings is 2. The van der Waals surface area contributed by atoms with Crippen LogP contribution in [0.1, 0.15) is 18.4 Å². The molecular weight excluding hydrogens is 427 g/mol. The van der Waals surface area contributed by atoms with Crippen LogP contribution in [0.2, 0.25) is 0 Å². The van der Waals surface area contributed by atoms with Crippen molar-refractivity contribution in [1.82, 2.24) is 15.3 Å². The van der Waals surface area contributed by atoms with E-state index in [0.29, 0.717) is 24.0 Å². The molecule has 1 saturated heterocycles. The topological polar surface area (TPSA) is 67.3 Å². The summed E-state index contributed by atoms with van der Waals surface area (Å²) in [7, 11) is 1.63. The van der Waals surface area contributed by atoms with Crippen molar-refractivity contribution in [3.63, 3.8) is 0 Å². The van der Waals surface area contributed by atoms with Crippen molar-refractivity contribution in [2.24, 2.45) is 5.92 Å². The monoisotopic (exact) mass is 450 g/mol. The van der Waals surface area contributed by atoms with E-state index in [4.69, 9.17) is 4.74 Å². The highest BCUT2D eigenvalue weighted by molar-refractivity contribution is 7.26. The van der Waals surface area contributed by atoms with Gasteiger partial charge in [-0.05, 0) is 42.7 Å². The van der Waals surface area contributed by atoms with E-state index < -0.39 is 0 Å². The SMILES string of the molecule is COc1ccc(CNC(=O)[C@H]2CCCN(c3ncnc4c3sc3cccc(F)c34)C2)cc1. The first-order valence-corrected chi connectivity index (χ1v) is 11.4. The predicted octanol–water partition coefficient (Wildman–Crippen LogP) is 4.53. The molecule has 3 heterocycles. The number of anilines is 1. The molecule has 8 heteroatoms. The van der Waals surface area contributed by atoms with Crippen molar-refractivity contribution < 1.29 is 13.9 Å². The number of nitrogens with zero attached hydrogens (tertiary/aromatic N) is 3. The second kappa shape index (κ2) is 8.70. The van der Waals surface area contributed by atoms with E-state index in [-0.39, 0.29) is 17.6 Å². The number of rotatable bonds is 5. The Labute approximate surface area is 189 Å². The molecule has 1 aliphatic heterocycles. The van der Waals surface area contributed by atoms with Gasteiger partial charge in [0.05, 0.1) is 28.6 Å². The number of hydrogen-bond donors (Lipinski definition) is 1. The van der Waals surface area contributed by atoms with E-state index in [0.717, 1.165) is 45.9 Å². The van der Waals surface area contributed by atoms with Gasteiger partial charge in [0, 0.05) is 24.3 Å². The summed E-state index contributed by atoms with van der Waals surface area (Å²) in [6.45, 7) is 1.87. The van der Waals surface area contributed by atoms with Crippen LogP contribution in [0.5, 0.6) is 5.75 Å². The first-order chi connectivity index (χ1) is 15.6. The van der Waals surface area contributed by atoms with Gasteiger partial charge in [0.25, 0.3) is 0 Å². The number of carbonyl (C=O) groups excluding carboxylic acids is 1. The lowest BCUT2D eigenvalue weighted by atomic mass is 9.97. The standard InChI is InChI=1S/C24H23FN4O2S/c1-31-17-9-7-15(8-10-17)12-26-24(30)16-4-3-11-29(13-16)23-22-21(27-14-28-23)20-18(25)5-2-6-19(20)32-22/h2,5-10,14,16H,3-4,11-13H2,1H3,(H,26,30)/t16-/m0/s1. The minimum absolute atomic E-state index is 0.0400. The van der Waals surface area contributed by atoms with Crippen molar-refractivity contribution in [2.45, 2.75) is 19.4 Å². The first kappa shape index (κ1) is 20.6. The Bertz CT molecular complexity index is 1270. The van der Waals surface area contributed by atoms with Gasteiger partial charge in [-0.25, -0.2) is 14.4 Å². The highest BCUT2D eigenvalue weighted by Gasteiger charge is 2.28. The molecular formula is C24H23FN4O2S. The van der Waals surface area contributed by atoms with Crippen LogP contribution in [0.3, 0.4) is 0 Å². The summed E-state index contributed by atoms with van der Waals surface area (Å²) in [6.07, 6.45) is 3.22. The van der Waals surface area contributed by atoms with Gasteiger partial charge in [-0.3, -0.25) is 4.79 Å². The molecule has 32 heavy (non-hydrogen) atoms. The Morgan fingerprint density at radius 1 is 1.25 bits per heavy atom. The molecule has 2 aromatic carbocycles. The second-order valence-corrected chi connectivity index (χ2v) is 8.99. The fraction of sp³-hybridized carbons (Fsp3) is 0.292. The van der Waals surface area contributed by atoms with Crippen molar-refractivity contribution in [3.05, 3.63) is 60.2 Å². The van der Waals surface area contributed by atoms with Gasteiger partial charge in [-0.1, -0.05) is 18.2 Å². The molecule has 0 bridgehead atoms. The molecule has 1 fully saturated rings. The number of carbonyl (C=O) groups is 1. The van der Waals surface area contributed by atoms with E-state index in [1.807, 2.05) is 30.3 Å². The van der Waals surface area contributed by atoms with E-state index in [9.17, 15) is 9.18 Å². The number of aromatic nitrogens is 2. The lowest BCUT2D eigenvalue weighted by Gasteiger charge is -2.33. The van der Waals surface area contributed by atoms with Gasteiger partial charge in [0.15, 0.2) is 0 Å². The molecule has 0 radical (unpaired) electrons. The van der Waals surface area contributed by atoms with Crippen LogP contribution in [0.25, 0.3) is 20.3 Å². The Balaban J connectivity index is 1.33. The molecule has 0 aliphatic carbocycles. The summed E-state index contributed by atoms with van der Waals surface area (Å²) in [4.78, 5) is 23.9. The number of fused-ring (bicyclic) bond motifs is 3. The Kier molecular flexibility index (Phi) is 5.61. The third-order valence-electron chi connectivity index (χ3n) is 5.93. The van der Waals surface area contributed by atoms with E-state index in [1.54, 1.807) is 13.2 Å². The number of ether oxygens (including phenoxy) is 1. The van der Waals surface area contributed by atoms with Crippen LogP contribution >= 0.6 is 11.3 Å². The third kappa shape index (κ3) is 3.86. The Hall–Kier alpha value is -3.26. The minimum Gasteiger partial charge on any atom is -0.497 e. The number of methoxy groups -OCH3 is 1. The third-order valence-corrected chi connectivity index (χ3v) is 7.07. The molecule has 0 unspecified atom stereocenters. The number of halogens is 1. The van der Waals surface area contributed by atoms with E-state index in [1.165, 1.54) is 23.7 Å². The fourth-order valence-corrected chi connectivity index (χ4v) is 5.44. The number of thiophene rings is 1. The zero-order valence-corrected chi connectivity index (χ0v) is 18.5. The highest BCUT2D eigenvalue weighted by Crippen LogP contribution is 2.39. The second-order valence-electron chi connectivity index (χ2n) is 7.94. The van der Waals surface area contributed by atoms with Crippen molar-refractivity contribution >= 4 is 43.4 Å². The molecule has 1 aliphatic rings. The Morgan fingerprint density at radius 3 is 2.91 bits per heavy atom. The quantitative estimate of drug-likeness (QED) is 0.484. The van der Waals surface area contributed by atoms with Crippen LogP contribution < -0.4 is 15.0 Å². The van der Waals surface area contributed by atoms with Crippen LogP contribution in [0.4, 0.5) is 10.2 Å². The van der Waals surface area contributed by atoms with Crippen LogP contribution in [-0.4, -0.2) is 36.1 Å². The summed E-state index contributed by atoms with van der Waals surface area (Å²) >= 11 is 1.50. The zero-order valence-electron chi connectivity index (χ0n) is 17.7. The molecule has 2 aromatic heterocycles. The normalized spacial score (nSPS) is 16.4. The highest BCUT2D eigenvalue weighted by atomic mass is 32.1. The maximum Gasteiger partial charge on any atom is 0.225 e. The molecule has 1 atom stereocenters. The molecule has 0 saturated carbocycles. The van der Waals surface area contributed by atoms with Gasteiger partial charge in [-0.2, -0.15) is 0 Å². The summed E-state index contributed by atoms with van der Waals surface area (Å²) < 4.78 is 21.3. The van der Waals surface area contributed by atoms with Crippen molar-refractivity contribution in [3.8, 4) is 5.75 Å². The van der Waals surface area contributed by atoms with Crippen molar-refractivity contribution in [1.29, 1.82) is 0 Å². The number of amides is 1. The molecule has 1 N–H and O–H groups in total. The smallest absolute Gasteiger partial charge is 0.225 e. The van der Waals surface area contributed by atoms with E-state index >= 15 is 0 Å². The van der Waals surface area contributed by atoms with Gasteiger partial charge in [0.1, 0.15) is 23.7 Å². The number of hydrogen-bond acceptors (Lipinski definition) is 6. The number of piperidine rings is 1. The van der Waals surface area contributed by atoms with Gasteiger partial charge in [0.2, 0.25) is 5.91 Å². The molecule has 5 rings (SSSR count). The average molecular weight is 451 g/mol. The molecule has 0 spiro atoms. The van der Waals surface area contributed by atoms with Gasteiger partial charge < -0.3 is 15.0 Å². The van der Waals surface area contributed by atoms with Gasteiger partial charge in [-0.15, -0.1) is 11.3 Å². The fourth-order valence-electron chi connectivity index (χ4n) is 4.25. The zero-order chi connectivity index (χ0) is 22.1. The predicted molar refractivity (Wildman–Crippen MR) is 125 cm³/mol. The largest absolute Gasteiger partial charge is 0.497 e. The Morgan fingerprint density at radius 2 is 2.09 bits per heavy atom. The summed E-state index contributed by atoms with van der Waals surface area (Å²) in [6, 6.07) is 12.7. The average Bonchev–Trinajstić information content (AvgIpc) is 3.23. The maximum atomic E-state index is 14.4. The summed E-state index contributed by atoms with van der Waals surface area (Å²) in [5.74, 6) is 1.22. The summed E-state index contributed by atoms with van der Waals surface area (Å²) in [5.41, 5.74) is 1.66. The number of nitrogens with one attached hydrogen (secondary N) is 1. The molecule has 164 valence electrons. The van der Waals surface area contributed by atoms with Gasteiger partial charge >= 0.3 is 0 Å². The molecule has 6 nitrogen and oxygen atoms in total. The van der Waals surface area contributed by atoms with Crippen LogP contribution in [0.15, 0.2) is 48.8 Å². The van der Waals surface area contributed by atoms with Crippen molar-refractivity contribution in [2.75, 3.05) is 25.1 Å². The molecule has 1 amide bonds. The lowest BCUT2D eigenvalue weighted by Crippen LogP contribution is -2.43. The maximum absolute atomic E-state index is 14.4. The minimum atomic E-state index is -0.271. The first-order valence-electron chi connectivity index (χ1n) is 10.6. The van der Waals surface area contributed by atoms with Crippen LogP contribution in [0, 0.1) is 11.7 Å². The van der Waals surface area contributed by atoms with E-state index in [2.05, 4.69) is 20.2 Å². The molecule has 4 aromatic rings. The lowest BCUT2D eigenvalue weighted by molar-refractivity contribution is -0.125.